The van der Waals surface area contributed by atoms with Gasteiger partial charge in [0.05, 0.1) is 11.1 Å². The zero-order chi connectivity index (χ0) is 14.9. The Bertz CT molecular complexity index is 518. The minimum absolute atomic E-state index is 0.101. The van der Waals surface area contributed by atoms with Crippen molar-refractivity contribution in [2.45, 2.75) is 25.1 Å². The minimum atomic E-state index is -4.81. The van der Waals surface area contributed by atoms with Gasteiger partial charge in [-0.15, -0.1) is 0 Å². The van der Waals surface area contributed by atoms with Crippen LogP contribution in [0.2, 0.25) is 0 Å². The summed E-state index contributed by atoms with van der Waals surface area (Å²) in [5.41, 5.74) is -1.93. The van der Waals surface area contributed by atoms with Crippen molar-refractivity contribution in [2.75, 3.05) is 11.9 Å². The second-order valence-corrected chi connectivity index (χ2v) is 5.26. The summed E-state index contributed by atoms with van der Waals surface area (Å²) in [6.07, 6.45) is -3.28. The Morgan fingerprint density at radius 1 is 1.40 bits per heavy atom. The van der Waals surface area contributed by atoms with Crippen LogP contribution in [0.1, 0.15) is 28.8 Å². The molecule has 0 saturated carbocycles. The Labute approximate surface area is 121 Å². The van der Waals surface area contributed by atoms with Gasteiger partial charge in [-0.1, -0.05) is 22.0 Å². The van der Waals surface area contributed by atoms with Crippen molar-refractivity contribution in [1.82, 2.24) is 4.90 Å². The highest BCUT2D eigenvalue weighted by atomic mass is 79.9. The highest BCUT2D eigenvalue weighted by Crippen LogP contribution is 2.33. The van der Waals surface area contributed by atoms with Crippen LogP contribution in [0.4, 0.5) is 17.6 Å². The minimum Gasteiger partial charge on any atom is -0.335 e. The number of benzene rings is 1. The lowest BCUT2D eigenvalue weighted by molar-refractivity contribution is -0.140. The zero-order valence-corrected chi connectivity index (χ0v) is 12.0. The van der Waals surface area contributed by atoms with Gasteiger partial charge in [-0.05, 0) is 25.0 Å². The average molecular weight is 354 g/mol. The number of rotatable bonds is 2. The van der Waals surface area contributed by atoms with Crippen molar-refractivity contribution in [3.05, 3.63) is 35.1 Å². The molecule has 7 heteroatoms. The van der Waals surface area contributed by atoms with Crippen LogP contribution in [-0.2, 0) is 6.18 Å². The molecule has 1 aliphatic rings. The van der Waals surface area contributed by atoms with Crippen molar-refractivity contribution in [1.29, 1.82) is 0 Å². The van der Waals surface area contributed by atoms with Crippen LogP contribution in [0.25, 0.3) is 0 Å². The lowest BCUT2D eigenvalue weighted by Gasteiger charge is -2.23. The van der Waals surface area contributed by atoms with E-state index in [9.17, 15) is 22.4 Å². The third-order valence-corrected chi connectivity index (χ3v) is 4.10. The molecule has 1 fully saturated rings. The zero-order valence-electron chi connectivity index (χ0n) is 10.4. The molecule has 1 amide bonds. The highest BCUT2D eigenvalue weighted by Gasteiger charge is 2.37. The van der Waals surface area contributed by atoms with Gasteiger partial charge in [-0.2, -0.15) is 13.2 Å². The molecule has 20 heavy (non-hydrogen) atoms. The molecule has 0 radical (unpaired) electrons. The van der Waals surface area contributed by atoms with Crippen molar-refractivity contribution < 1.29 is 22.4 Å². The monoisotopic (exact) mass is 353 g/mol. The van der Waals surface area contributed by atoms with Crippen LogP contribution < -0.4 is 0 Å². The lowest BCUT2D eigenvalue weighted by atomic mass is 10.1. The smallest absolute Gasteiger partial charge is 0.335 e. The van der Waals surface area contributed by atoms with Gasteiger partial charge in [0.15, 0.2) is 0 Å². The van der Waals surface area contributed by atoms with Gasteiger partial charge in [0.2, 0.25) is 0 Å². The van der Waals surface area contributed by atoms with E-state index in [2.05, 4.69) is 15.9 Å². The molecule has 1 aliphatic heterocycles. The molecule has 1 aromatic carbocycles. The molecular weight excluding hydrogens is 342 g/mol. The molecule has 0 N–H and O–H groups in total. The quantitative estimate of drug-likeness (QED) is 0.584. The second kappa shape index (κ2) is 5.71. The van der Waals surface area contributed by atoms with Crippen LogP contribution in [0, 0.1) is 5.82 Å². The van der Waals surface area contributed by atoms with Gasteiger partial charge < -0.3 is 4.90 Å². The summed E-state index contributed by atoms with van der Waals surface area (Å²) in [6.45, 7) is 0.435. The molecule has 2 rings (SSSR count). The normalized spacial score (nSPS) is 19.4. The maximum atomic E-state index is 13.9. The maximum Gasteiger partial charge on any atom is 0.419 e. The topological polar surface area (TPSA) is 20.3 Å². The third kappa shape index (κ3) is 2.82. The first-order chi connectivity index (χ1) is 9.36. The average Bonchev–Trinajstić information content (AvgIpc) is 2.85. The summed E-state index contributed by atoms with van der Waals surface area (Å²) in [6, 6.07) is 2.68. The summed E-state index contributed by atoms with van der Waals surface area (Å²) in [5.74, 6) is -2.18. The van der Waals surface area contributed by atoms with E-state index in [1.807, 2.05) is 0 Å². The lowest BCUT2D eigenvalue weighted by Crippen LogP contribution is -2.37. The number of alkyl halides is 4. The second-order valence-electron chi connectivity index (χ2n) is 4.61. The number of halogens is 5. The largest absolute Gasteiger partial charge is 0.419 e. The summed E-state index contributed by atoms with van der Waals surface area (Å²) >= 11 is 3.25. The SMILES string of the molecule is O=C(c1cccc(C(F)(F)F)c1F)N1CCCC1CBr. The van der Waals surface area contributed by atoms with Crippen LogP contribution in [0.15, 0.2) is 18.2 Å². The first-order valence-electron chi connectivity index (χ1n) is 6.09. The first-order valence-corrected chi connectivity index (χ1v) is 7.21. The number of carbonyl (C=O) groups excluding carboxylic acids is 1. The summed E-state index contributed by atoms with van der Waals surface area (Å²) in [7, 11) is 0. The van der Waals surface area contributed by atoms with Gasteiger partial charge in [0, 0.05) is 17.9 Å². The fourth-order valence-corrected chi connectivity index (χ4v) is 3.01. The van der Waals surface area contributed by atoms with Crippen molar-refractivity contribution in [3.8, 4) is 0 Å². The molecule has 2 nitrogen and oxygen atoms in total. The number of likely N-dealkylation sites (tertiary alicyclic amines) is 1. The van der Waals surface area contributed by atoms with Gasteiger partial charge >= 0.3 is 6.18 Å². The summed E-state index contributed by atoms with van der Waals surface area (Å²) in [5, 5.41) is 0.527. The van der Waals surface area contributed by atoms with Gasteiger partial charge in [0.25, 0.3) is 5.91 Å². The fraction of sp³-hybridized carbons (Fsp3) is 0.462. The predicted octanol–water partition coefficient (Wildman–Crippen LogP) is 3.84. The van der Waals surface area contributed by atoms with Crippen LogP contribution in [-0.4, -0.2) is 28.7 Å². The number of carbonyl (C=O) groups is 1. The fourth-order valence-electron chi connectivity index (χ4n) is 2.33. The Kier molecular flexibility index (Phi) is 4.36. The van der Waals surface area contributed by atoms with Crippen LogP contribution in [0.5, 0.6) is 0 Å². The van der Waals surface area contributed by atoms with E-state index < -0.39 is 29.0 Å². The number of nitrogens with zero attached hydrogens (tertiary/aromatic N) is 1. The summed E-state index contributed by atoms with van der Waals surface area (Å²) in [4.78, 5) is 13.6. The molecule has 1 atom stereocenters. The predicted molar refractivity (Wildman–Crippen MR) is 69.3 cm³/mol. The molecule has 0 aliphatic carbocycles. The molecular formula is C13H12BrF4NO. The molecule has 0 spiro atoms. The Balaban J connectivity index is 2.36. The highest BCUT2D eigenvalue weighted by molar-refractivity contribution is 9.09. The number of hydrogen-bond acceptors (Lipinski definition) is 1. The van der Waals surface area contributed by atoms with Gasteiger partial charge in [-0.25, -0.2) is 4.39 Å². The van der Waals surface area contributed by atoms with Gasteiger partial charge in [-0.3, -0.25) is 4.79 Å². The Morgan fingerprint density at radius 2 is 2.10 bits per heavy atom. The molecule has 1 aromatic rings. The van der Waals surface area contributed by atoms with E-state index in [1.165, 1.54) is 4.90 Å². The molecule has 110 valence electrons. The Hall–Kier alpha value is -1.11. The maximum absolute atomic E-state index is 13.9. The first kappa shape index (κ1) is 15.3. The third-order valence-electron chi connectivity index (χ3n) is 3.35. The van der Waals surface area contributed by atoms with Crippen molar-refractivity contribution in [2.24, 2.45) is 0 Å². The van der Waals surface area contributed by atoms with E-state index in [4.69, 9.17) is 0 Å². The molecule has 0 aromatic heterocycles. The van der Waals surface area contributed by atoms with E-state index in [0.717, 1.165) is 25.0 Å². The standard InChI is InChI=1S/C13H12BrF4NO/c14-7-8-3-2-6-19(8)12(20)9-4-1-5-10(11(9)15)13(16,17)18/h1,4-5,8H,2-3,6-7H2. The molecule has 1 unspecified atom stereocenters. The summed E-state index contributed by atoms with van der Waals surface area (Å²) < 4.78 is 51.8. The molecule has 1 heterocycles. The van der Waals surface area contributed by atoms with Crippen molar-refractivity contribution >= 4 is 21.8 Å². The van der Waals surface area contributed by atoms with E-state index in [0.29, 0.717) is 17.9 Å². The van der Waals surface area contributed by atoms with Crippen LogP contribution >= 0.6 is 15.9 Å². The van der Waals surface area contributed by atoms with Crippen LogP contribution in [0.3, 0.4) is 0 Å². The van der Waals surface area contributed by atoms with Crippen molar-refractivity contribution in [3.63, 3.8) is 0 Å². The van der Waals surface area contributed by atoms with E-state index in [-0.39, 0.29) is 6.04 Å². The number of amides is 1. The van der Waals surface area contributed by atoms with E-state index >= 15 is 0 Å². The molecule has 1 saturated heterocycles. The van der Waals surface area contributed by atoms with Gasteiger partial charge in [0.1, 0.15) is 5.82 Å². The molecule has 0 bridgehead atoms. The Morgan fingerprint density at radius 3 is 2.70 bits per heavy atom. The van der Waals surface area contributed by atoms with E-state index in [1.54, 1.807) is 0 Å². The number of hydrogen-bond donors (Lipinski definition) is 0.